The summed E-state index contributed by atoms with van der Waals surface area (Å²) in [6, 6.07) is -0.884. The molecule has 0 spiro atoms. The lowest BCUT2D eigenvalue weighted by Crippen LogP contribution is -2.45. The van der Waals surface area contributed by atoms with Gasteiger partial charge in [0.1, 0.15) is 13.2 Å². The molecule has 0 saturated heterocycles. The van der Waals surface area contributed by atoms with Crippen molar-refractivity contribution in [2.24, 2.45) is 0 Å². The Morgan fingerprint density at radius 2 is 0.873 bits per heavy atom. The lowest BCUT2D eigenvalue weighted by atomic mass is 10.0. The minimum absolute atomic E-state index is 0.000607. The molecule has 63 heavy (non-hydrogen) atoms. The molecule has 0 bridgehead atoms. The monoisotopic (exact) mass is 911 g/mol. The van der Waals surface area contributed by atoms with Crippen LogP contribution in [0, 0.1) is 0 Å². The first-order valence-corrected chi connectivity index (χ1v) is 28.7. The van der Waals surface area contributed by atoms with E-state index >= 15 is 0 Å². The number of allylic oxidation sites excluding steroid dienone is 3. The summed E-state index contributed by atoms with van der Waals surface area (Å²) in [6.07, 6.45) is 56.6. The predicted molar refractivity (Wildman–Crippen MR) is 270 cm³/mol. The smallest absolute Gasteiger partial charge is 0.268 e. The second-order valence-corrected chi connectivity index (χ2v) is 21.3. The molecule has 0 aromatic heterocycles. The highest BCUT2D eigenvalue weighted by Gasteiger charge is 2.23. The number of aliphatic hydroxyl groups excluding tert-OH is 1. The second-order valence-electron chi connectivity index (χ2n) is 19.9. The zero-order valence-corrected chi connectivity index (χ0v) is 43.4. The zero-order valence-electron chi connectivity index (χ0n) is 42.5. The average Bonchev–Trinajstić information content (AvgIpc) is 3.24. The Hall–Kier alpha value is -1.02. The van der Waals surface area contributed by atoms with Crippen molar-refractivity contribution < 1.29 is 32.9 Å². The molecule has 9 heteroatoms. The molecule has 0 radical (unpaired) electrons. The lowest BCUT2D eigenvalue weighted by Gasteiger charge is -2.29. The van der Waals surface area contributed by atoms with Crippen LogP contribution in [0.2, 0.25) is 0 Å². The highest BCUT2D eigenvalue weighted by Crippen LogP contribution is 2.38. The molecule has 0 aromatic rings. The summed E-state index contributed by atoms with van der Waals surface area (Å²) in [5.41, 5.74) is 0. The molecular formula is C54H107N2O6P. The fourth-order valence-electron chi connectivity index (χ4n) is 8.09. The number of phosphoric ester groups is 1. The highest BCUT2D eigenvalue weighted by molar-refractivity contribution is 7.45. The third-order valence-electron chi connectivity index (χ3n) is 12.4. The number of rotatable bonds is 50. The van der Waals surface area contributed by atoms with E-state index in [4.69, 9.17) is 9.05 Å². The Labute approximate surface area is 392 Å². The fourth-order valence-corrected chi connectivity index (χ4v) is 8.81. The molecule has 1 amide bonds. The summed E-state index contributed by atoms with van der Waals surface area (Å²) in [5.74, 6) is -0.195. The molecule has 8 nitrogen and oxygen atoms in total. The summed E-state index contributed by atoms with van der Waals surface area (Å²) in [5, 5.41) is 13.9. The molecule has 0 heterocycles. The summed E-state index contributed by atoms with van der Waals surface area (Å²) >= 11 is 0. The second kappa shape index (κ2) is 46.1. The first kappa shape index (κ1) is 62.0. The van der Waals surface area contributed by atoms with E-state index in [1.807, 2.05) is 27.2 Å². The van der Waals surface area contributed by atoms with Gasteiger partial charge in [0.05, 0.1) is 39.9 Å². The summed E-state index contributed by atoms with van der Waals surface area (Å²) in [6.45, 7) is 4.68. The standard InChI is InChI=1S/C54H107N2O6P/c1-6-8-10-12-14-16-18-20-22-24-26-27-28-29-30-32-34-36-38-40-42-44-46-48-54(58)55-52(51-62-63(59,60)61-50-49-56(3,4)5)53(57)47-45-43-41-39-37-35-33-31-25-23-21-19-17-15-13-11-9-7-2/h24,26,45,47,52-53,57H,6-23,25,27-44,46,48-51H2,1-5H3,(H-,55,58,59,60)/b26-24-,47-45+. The van der Waals surface area contributed by atoms with E-state index in [0.29, 0.717) is 17.4 Å². The molecule has 374 valence electrons. The molecule has 0 saturated carbocycles. The SMILES string of the molecule is CCCCCCCCCC/C=C\CCCCCCCCCCCCCC(=O)NC(COP(=O)([O-])OCC[N+](C)(C)C)C(O)/C=C/CCCCCCCCCCCCCCCCCC. The third kappa shape index (κ3) is 48.7. The van der Waals surface area contributed by atoms with Crippen LogP contribution in [0.4, 0.5) is 0 Å². The molecule has 0 aliphatic carbocycles. The molecular weight excluding hydrogens is 804 g/mol. The van der Waals surface area contributed by atoms with Crippen LogP contribution in [0.5, 0.6) is 0 Å². The minimum atomic E-state index is -4.59. The number of unbranched alkanes of at least 4 members (excludes halogenated alkanes) is 35. The van der Waals surface area contributed by atoms with Gasteiger partial charge in [0.15, 0.2) is 0 Å². The van der Waals surface area contributed by atoms with E-state index in [9.17, 15) is 19.4 Å². The van der Waals surface area contributed by atoms with Crippen LogP contribution in [-0.4, -0.2) is 68.5 Å². The van der Waals surface area contributed by atoms with E-state index < -0.39 is 20.0 Å². The molecule has 0 aliphatic heterocycles. The van der Waals surface area contributed by atoms with Gasteiger partial charge in [-0.3, -0.25) is 9.36 Å². The highest BCUT2D eigenvalue weighted by atomic mass is 31.2. The maximum atomic E-state index is 12.9. The van der Waals surface area contributed by atoms with Gasteiger partial charge in [0.25, 0.3) is 7.82 Å². The van der Waals surface area contributed by atoms with Crippen LogP contribution in [0.25, 0.3) is 0 Å². The number of aliphatic hydroxyl groups is 1. The van der Waals surface area contributed by atoms with Gasteiger partial charge in [0, 0.05) is 6.42 Å². The van der Waals surface area contributed by atoms with Crippen LogP contribution >= 0.6 is 7.82 Å². The van der Waals surface area contributed by atoms with E-state index in [2.05, 4.69) is 31.3 Å². The van der Waals surface area contributed by atoms with E-state index in [-0.39, 0.29) is 19.1 Å². The minimum Gasteiger partial charge on any atom is -0.756 e. The fraction of sp³-hybridized carbons (Fsp3) is 0.907. The molecule has 2 N–H and O–H groups in total. The van der Waals surface area contributed by atoms with Gasteiger partial charge in [-0.1, -0.05) is 237 Å². The van der Waals surface area contributed by atoms with Gasteiger partial charge in [0.2, 0.25) is 5.91 Å². The van der Waals surface area contributed by atoms with Crippen molar-refractivity contribution in [3.05, 3.63) is 24.3 Å². The number of quaternary nitrogens is 1. The van der Waals surface area contributed by atoms with Crippen molar-refractivity contribution in [2.75, 3.05) is 40.9 Å². The van der Waals surface area contributed by atoms with Crippen molar-refractivity contribution in [1.29, 1.82) is 0 Å². The normalized spacial score (nSPS) is 14.2. The van der Waals surface area contributed by atoms with Crippen molar-refractivity contribution in [1.82, 2.24) is 5.32 Å². The quantitative estimate of drug-likeness (QED) is 0.0272. The lowest BCUT2D eigenvalue weighted by molar-refractivity contribution is -0.870. The van der Waals surface area contributed by atoms with Crippen molar-refractivity contribution in [3.63, 3.8) is 0 Å². The van der Waals surface area contributed by atoms with E-state index in [1.165, 1.54) is 205 Å². The van der Waals surface area contributed by atoms with Gasteiger partial charge in [-0.15, -0.1) is 0 Å². The van der Waals surface area contributed by atoms with E-state index in [0.717, 1.165) is 38.5 Å². The molecule has 0 aromatic carbocycles. The maximum absolute atomic E-state index is 12.9. The number of phosphoric acid groups is 1. The van der Waals surface area contributed by atoms with Gasteiger partial charge in [-0.05, 0) is 44.9 Å². The average molecular weight is 911 g/mol. The summed E-state index contributed by atoms with van der Waals surface area (Å²) < 4.78 is 23.3. The van der Waals surface area contributed by atoms with Crippen molar-refractivity contribution >= 4 is 13.7 Å². The maximum Gasteiger partial charge on any atom is 0.268 e. The first-order valence-electron chi connectivity index (χ1n) is 27.2. The Kier molecular flexibility index (Phi) is 45.4. The van der Waals surface area contributed by atoms with Crippen LogP contribution < -0.4 is 10.2 Å². The van der Waals surface area contributed by atoms with Crippen LogP contribution in [-0.2, 0) is 18.4 Å². The number of carbonyl (C=O) groups is 1. The molecule has 3 atom stereocenters. The summed E-state index contributed by atoms with van der Waals surface area (Å²) in [7, 11) is 1.27. The number of nitrogens with one attached hydrogen (secondary N) is 1. The predicted octanol–water partition coefficient (Wildman–Crippen LogP) is 15.4. The van der Waals surface area contributed by atoms with E-state index in [1.54, 1.807) is 6.08 Å². The number of carbonyl (C=O) groups excluding carboxylic acids is 1. The largest absolute Gasteiger partial charge is 0.756 e. The Bertz CT molecular complexity index is 1080. The topological polar surface area (TPSA) is 108 Å². The third-order valence-corrected chi connectivity index (χ3v) is 13.4. The number of likely N-dealkylation sites (N-methyl/N-ethyl adjacent to an activating group) is 1. The van der Waals surface area contributed by atoms with Gasteiger partial charge < -0.3 is 28.8 Å². The van der Waals surface area contributed by atoms with Crippen molar-refractivity contribution in [3.8, 4) is 0 Å². The zero-order chi connectivity index (χ0) is 46.4. The Morgan fingerprint density at radius 3 is 1.24 bits per heavy atom. The number of nitrogens with zero attached hydrogens (tertiary/aromatic N) is 1. The van der Waals surface area contributed by atoms with Gasteiger partial charge >= 0.3 is 0 Å². The number of amides is 1. The molecule has 0 fully saturated rings. The van der Waals surface area contributed by atoms with Crippen molar-refractivity contribution in [2.45, 2.75) is 276 Å². The van der Waals surface area contributed by atoms with Gasteiger partial charge in [-0.2, -0.15) is 0 Å². The Morgan fingerprint density at radius 1 is 0.540 bits per heavy atom. The van der Waals surface area contributed by atoms with Gasteiger partial charge in [-0.25, -0.2) is 0 Å². The molecule has 0 aliphatic rings. The number of hydrogen-bond donors (Lipinski definition) is 2. The first-order chi connectivity index (χ1) is 30.5. The molecule has 0 rings (SSSR count). The van der Waals surface area contributed by atoms with Crippen LogP contribution in [0.3, 0.4) is 0 Å². The summed E-state index contributed by atoms with van der Waals surface area (Å²) in [4.78, 5) is 25.4. The molecule has 3 unspecified atom stereocenters. The van der Waals surface area contributed by atoms with Crippen LogP contribution in [0.15, 0.2) is 24.3 Å². The Balaban J connectivity index is 4.24. The van der Waals surface area contributed by atoms with Crippen LogP contribution in [0.1, 0.15) is 264 Å². The number of hydrogen-bond acceptors (Lipinski definition) is 6.